The lowest BCUT2D eigenvalue weighted by Crippen LogP contribution is -2.16. The fourth-order valence-corrected chi connectivity index (χ4v) is 1.33. The number of aliphatic hydroxyl groups is 1. The molecular weight excluding hydrogens is 204 g/mol. The zero-order chi connectivity index (χ0) is 12.0. The Morgan fingerprint density at radius 2 is 1.94 bits per heavy atom. The van der Waals surface area contributed by atoms with Crippen molar-refractivity contribution in [1.82, 2.24) is 0 Å². The van der Waals surface area contributed by atoms with Crippen LogP contribution in [0.25, 0.3) is 0 Å². The van der Waals surface area contributed by atoms with E-state index in [1.807, 2.05) is 37.3 Å². The van der Waals surface area contributed by atoms with Crippen LogP contribution in [0.3, 0.4) is 0 Å². The summed E-state index contributed by atoms with van der Waals surface area (Å²) in [5, 5.41) is 9.03. The van der Waals surface area contributed by atoms with Crippen molar-refractivity contribution in [2.75, 3.05) is 6.61 Å². The maximum absolute atomic E-state index is 11.6. The van der Waals surface area contributed by atoms with Gasteiger partial charge in [0, 0.05) is 6.42 Å². The Hall–Kier alpha value is -1.35. The van der Waals surface area contributed by atoms with Crippen LogP contribution in [0, 0.1) is 0 Å². The van der Waals surface area contributed by atoms with Crippen molar-refractivity contribution in [3.63, 3.8) is 0 Å². The highest BCUT2D eigenvalue weighted by Crippen LogP contribution is 2.16. The zero-order valence-electron chi connectivity index (χ0n) is 9.72. The zero-order valence-corrected chi connectivity index (χ0v) is 9.72. The summed E-state index contributed by atoms with van der Waals surface area (Å²) in [5.41, 5.74) is 0.949. The van der Waals surface area contributed by atoms with Gasteiger partial charge in [0.25, 0.3) is 0 Å². The van der Waals surface area contributed by atoms with Crippen LogP contribution in [0.15, 0.2) is 30.3 Å². The molecule has 3 nitrogen and oxygen atoms in total. The third kappa shape index (κ3) is 4.03. The molecule has 1 rings (SSSR count). The molecule has 0 amide bonds. The Morgan fingerprint density at radius 3 is 2.50 bits per heavy atom. The third-order valence-corrected chi connectivity index (χ3v) is 2.43. The molecule has 2 unspecified atom stereocenters. The van der Waals surface area contributed by atoms with Crippen molar-refractivity contribution in [3.8, 4) is 0 Å². The first-order chi connectivity index (χ1) is 7.61. The van der Waals surface area contributed by atoms with Gasteiger partial charge in [-0.15, -0.1) is 0 Å². The van der Waals surface area contributed by atoms with Gasteiger partial charge in [-0.1, -0.05) is 30.3 Å². The van der Waals surface area contributed by atoms with Gasteiger partial charge >= 0.3 is 5.97 Å². The highest BCUT2D eigenvalue weighted by Gasteiger charge is 2.16. The molecule has 3 heteroatoms. The summed E-state index contributed by atoms with van der Waals surface area (Å²) in [6, 6.07) is 9.51. The summed E-state index contributed by atoms with van der Waals surface area (Å²) < 4.78 is 5.07. The van der Waals surface area contributed by atoms with Gasteiger partial charge in [0.05, 0.1) is 18.6 Å². The predicted octanol–water partition coefficient (Wildman–Crippen LogP) is 2.10. The van der Waals surface area contributed by atoms with Crippen LogP contribution in [-0.4, -0.2) is 23.8 Å². The second-order valence-corrected chi connectivity index (χ2v) is 3.94. The normalized spacial score (nSPS) is 14.2. The number of ether oxygens (including phenoxy) is 1. The molecule has 0 saturated heterocycles. The van der Waals surface area contributed by atoms with E-state index < -0.39 is 6.10 Å². The molecule has 0 aliphatic heterocycles. The average Bonchev–Trinajstić information content (AvgIpc) is 2.28. The van der Waals surface area contributed by atoms with Crippen LogP contribution >= 0.6 is 0 Å². The van der Waals surface area contributed by atoms with Crippen molar-refractivity contribution in [3.05, 3.63) is 35.9 Å². The smallest absolute Gasteiger partial charge is 0.313 e. The highest BCUT2D eigenvalue weighted by molar-refractivity contribution is 5.77. The minimum absolute atomic E-state index is 0.244. The van der Waals surface area contributed by atoms with Gasteiger partial charge in [-0.25, -0.2) is 0 Å². The van der Waals surface area contributed by atoms with Crippen molar-refractivity contribution < 1.29 is 14.6 Å². The van der Waals surface area contributed by atoms with Crippen LogP contribution in [-0.2, 0) is 9.53 Å². The van der Waals surface area contributed by atoms with Gasteiger partial charge in [0.15, 0.2) is 0 Å². The minimum atomic E-state index is -0.431. The summed E-state index contributed by atoms with van der Waals surface area (Å²) in [6.07, 6.45) is 0.0487. The van der Waals surface area contributed by atoms with E-state index in [9.17, 15) is 4.79 Å². The van der Waals surface area contributed by atoms with Crippen LogP contribution < -0.4 is 0 Å². The molecule has 0 radical (unpaired) electrons. The van der Waals surface area contributed by atoms with E-state index in [1.54, 1.807) is 6.92 Å². The van der Waals surface area contributed by atoms with Crippen molar-refractivity contribution in [1.29, 1.82) is 0 Å². The summed E-state index contributed by atoms with van der Waals surface area (Å²) in [7, 11) is 0. The number of carbonyl (C=O) groups excluding carboxylic acids is 1. The average molecular weight is 222 g/mol. The summed E-state index contributed by atoms with van der Waals surface area (Å²) in [5.74, 6) is -0.498. The van der Waals surface area contributed by atoms with E-state index >= 15 is 0 Å². The van der Waals surface area contributed by atoms with E-state index in [1.165, 1.54) is 0 Å². The van der Waals surface area contributed by atoms with E-state index in [4.69, 9.17) is 9.84 Å². The Labute approximate surface area is 96.1 Å². The number of hydrogen-bond donors (Lipinski definition) is 1. The molecule has 1 aromatic carbocycles. The van der Waals surface area contributed by atoms with E-state index in [0.29, 0.717) is 6.42 Å². The second kappa shape index (κ2) is 6.28. The van der Waals surface area contributed by atoms with Crippen molar-refractivity contribution in [2.45, 2.75) is 32.3 Å². The number of aliphatic hydroxyl groups excluding tert-OH is 1. The molecule has 1 aromatic rings. The molecule has 0 saturated carbocycles. The lowest BCUT2D eigenvalue weighted by molar-refractivity contribution is -0.145. The summed E-state index contributed by atoms with van der Waals surface area (Å²) in [6.45, 7) is 3.77. The molecule has 0 aromatic heterocycles. The molecule has 0 fully saturated rings. The first kappa shape index (κ1) is 12.7. The Balaban J connectivity index is 2.43. The topological polar surface area (TPSA) is 46.5 Å². The quantitative estimate of drug-likeness (QED) is 0.776. The molecule has 1 N–H and O–H groups in total. The molecule has 0 aliphatic carbocycles. The predicted molar refractivity (Wildman–Crippen MR) is 62.1 cm³/mol. The molecule has 88 valence electrons. The fourth-order valence-electron chi connectivity index (χ4n) is 1.33. The molecule has 0 spiro atoms. The van der Waals surface area contributed by atoms with Gasteiger partial charge in [0.1, 0.15) is 0 Å². The summed E-state index contributed by atoms with van der Waals surface area (Å²) >= 11 is 0. The highest BCUT2D eigenvalue weighted by atomic mass is 16.5. The van der Waals surface area contributed by atoms with Gasteiger partial charge < -0.3 is 9.84 Å². The Kier molecular flexibility index (Phi) is 4.99. The second-order valence-electron chi connectivity index (χ2n) is 3.94. The van der Waals surface area contributed by atoms with E-state index in [2.05, 4.69) is 0 Å². The third-order valence-electron chi connectivity index (χ3n) is 2.43. The van der Waals surface area contributed by atoms with Crippen LogP contribution in [0.5, 0.6) is 0 Å². The number of carbonyl (C=O) groups is 1. The molecule has 0 aliphatic rings. The van der Waals surface area contributed by atoms with E-state index in [-0.39, 0.29) is 18.5 Å². The SMILES string of the molecule is CC(O)CCOC(=O)C(C)c1ccccc1. The van der Waals surface area contributed by atoms with Crippen LogP contribution in [0.2, 0.25) is 0 Å². The number of benzene rings is 1. The largest absolute Gasteiger partial charge is 0.465 e. The van der Waals surface area contributed by atoms with Gasteiger partial charge in [-0.2, -0.15) is 0 Å². The van der Waals surface area contributed by atoms with Gasteiger partial charge in [-0.05, 0) is 19.4 Å². The molecule has 16 heavy (non-hydrogen) atoms. The lowest BCUT2D eigenvalue weighted by atomic mass is 10.0. The van der Waals surface area contributed by atoms with Gasteiger partial charge in [0.2, 0.25) is 0 Å². The van der Waals surface area contributed by atoms with Gasteiger partial charge in [-0.3, -0.25) is 4.79 Å². The van der Waals surface area contributed by atoms with Crippen LogP contribution in [0.1, 0.15) is 31.7 Å². The van der Waals surface area contributed by atoms with Crippen molar-refractivity contribution >= 4 is 5.97 Å². The lowest BCUT2D eigenvalue weighted by Gasteiger charge is -2.12. The maximum atomic E-state index is 11.6. The fraction of sp³-hybridized carbons (Fsp3) is 0.462. The van der Waals surface area contributed by atoms with Crippen LogP contribution in [0.4, 0.5) is 0 Å². The minimum Gasteiger partial charge on any atom is -0.465 e. The monoisotopic (exact) mass is 222 g/mol. The number of hydrogen-bond acceptors (Lipinski definition) is 3. The molecular formula is C13H18O3. The van der Waals surface area contributed by atoms with Crippen molar-refractivity contribution in [2.24, 2.45) is 0 Å². The molecule has 0 heterocycles. The molecule has 2 atom stereocenters. The number of esters is 1. The number of rotatable bonds is 5. The molecule has 0 bridgehead atoms. The standard InChI is InChI=1S/C13H18O3/c1-10(14)8-9-16-13(15)11(2)12-6-4-3-5-7-12/h3-7,10-11,14H,8-9H2,1-2H3. The Bertz CT molecular complexity index is 319. The van der Waals surface area contributed by atoms with E-state index in [0.717, 1.165) is 5.56 Å². The summed E-state index contributed by atoms with van der Waals surface area (Å²) in [4.78, 5) is 11.6. The first-order valence-corrected chi connectivity index (χ1v) is 5.51. The first-order valence-electron chi connectivity index (χ1n) is 5.51. The Morgan fingerprint density at radius 1 is 1.31 bits per heavy atom. The maximum Gasteiger partial charge on any atom is 0.313 e.